The third kappa shape index (κ3) is 4.06. The molecule has 0 aromatic heterocycles. The van der Waals surface area contributed by atoms with Crippen molar-refractivity contribution in [3.05, 3.63) is 30.3 Å². The molecule has 9 heteroatoms. The molecule has 3 rings (SSSR count). The van der Waals surface area contributed by atoms with E-state index in [9.17, 15) is 19.5 Å². The van der Waals surface area contributed by atoms with E-state index >= 15 is 0 Å². The van der Waals surface area contributed by atoms with Crippen LogP contribution in [-0.2, 0) is 14.4 Å². The second-order valence-electron chi connectivity index (χ2n) is 6.25. The van der Waals surface area contributed by atoms with Crippen LogP contribution in [0.25, 0.3) is 0 Å². The van der Waals surface area contributed by atoms with Gasteiger partial charge in [0.25, 0.3) is 5.91 Å². The number of nitrogens with one attached hydrogen (secondary N) is 1. The molecule has 1 aromatic carbocycles. The number of ether oxygens (including phenoxy) is 1. The number of hydrogen-bond acceptors (Lipinski definition) is 5. The minimum atomic E-state index is -1.03. The summed E-state index contributed by atoms with van der Waals surface area (Å²) in [5.74, 6) is -1.23. The van der Waals surface area contributed by atoms with Crippen molar-refractivity contribution in [1.29, 1.82) is 0 Å². The first-order valence-electron chi connectivity index (χ1n) is 7.51. The summed E-state index contributed by atoms with van der Waals surface area (Å²) in [6, 6.07) is 7.31. The number of fused-ring (bicyclic) bond motifs is 1. The van der Waals surface area contributed by atoms with Gasteiger partial charge in [0.05, 0.1) is 0 Å². The predicted octanol–water partition coefficient (Wildman–Crippen LogP) is -2.19. The number of nitrogens with zero attached hydrogens (tertiary/aromatic N) is 1. The van der Waals surface area contributed by atoms with Crippen LogP contribution in [-0.4, -0.2) is 56.6 Å². The van der Waals surface area contributed by atoms with Crippen LogP contribution in [0.5, 0.6) is 5.75 Å². The maximum Gasteiger partial charge on any atom is 1.00 e. The Bertz CT molecular complexity index is 690. The van der Waals surface area contributed by atoms with Crippen LogP contribution in [0, 0.1) is 0 Å². The molecule has 1 aromatic rings. The summed E-state index contributed by atoms with van der Waals surface area (Å²) in [7, 11) is 0. The van der Waals surface area contributed by atoms with Crippen LogP contribution in [0.2, 0.25) is 0 Å². The zero-order chi connectivity index (χ0) is 17.5. The van der Waals surface area contributed by atoms with Crippen LogP contribution in [0.4, 0.5) is 0 Å². The van der Waals surface area contributed by atoms with E-state index in [-0.39, 0.29) is 70.7 Å². The van der Waals surface area contributed by atoms with E-state index in [0.29, 0.717) is 5.75 Å². The minimum Gasteiger partial charge on any atom is -1.00 e. The number of thioether (sulfide) groups is 1. The Morgan fingerprint density at radius 2 is 2.00 bits per heavy atom. The number of β-lactam (4-membered cyclic amide) rings is 1. The fraction of sp³-hybridized carbons (Fsp3) is 0.438. The van der Waals surface area contributed by atoms with Gasteiger partial charge in [-0.05, 0) is 26.0 Å². The average molecular weight is 391 g/mol. The molecule has 2 saturated heterocycles. The Morgan fingerprint density at radius 3 is 2.60 bits per heavy atom. The van der Waals surface area contributed by atoms with Crippen LogP contribution in [0.3, 0.4) is 0 Å². The number of carboxylic acid groups (broad SMARTS) is 1. The van der Waals surface area contributed by atoms with Crippen molar-refractivity contribution in [2.45, 2.75) is 36.1 Å². The van der Waals surface area contributed by atoms with E-state index in [1.54, 1.807) is 38.1 Å². The Hall–Kier alpha value is -0.584. The summed E-state index contributed by atoms with van der Waals surface area (Å²) in [6.45, 7) is 3.38. The number of rotatable bonds is 5. The van der Waals surface area contributed by atoms with Gasteiger partial charge in [-0.2, -0.15) is 0 Å². The smallest absolute Gasteiger partial charge is 1.00 e. The molecule has 25 heavy (non-hydrogen) atoms. The second kappa shape index (κ2) is 7.97. The van der Waals surface area contributed by atoms with E-state index in [1.807, 2.05) is 6.07 Å². The van der Waals surface area contributed by atoms with Crippen molar-refractivity contribution < 1.29 is 77.0 Å². The standard InChI is InChI=1S/C16H18N2O5S.K.H/c1-16(2)12(15(21)22)18-13(20)11(14(18)24-16)17-10(19)8-23-9-6-4-3-5-7-9;;/h3-7,11-12,14H,8H2,1-2H3,(H,17,19)(H,21,22);;/q;+1;-1/t11-,12+,14-;;/m1../s1. The molecule has 0 radical (unpaired) electrons. The van der Waals surface area contributed by atoms with Gasteiger partial charge in [-0.3, -0.25) is 9.59 Å². The van der Waals surface area contributed by atoms with Crippen LogP contribution >= 0.6 is 11.8 Å². The molecule has 0 bridgehead atoms. The number of carbonyl (C=O) groups excluding carboxylic acids is 2. The maximum atomic E-state index is 12.2. The molecule has 2 amide bonds. The zero-order valence-corrected chi connectivity index (χ0v) is 18.2. The fourth-order valence-electron chi connectivity index (χ4n) is 3.03. The Balaban J connectivity index is 0.00000169. The number of aliphatic carboxylic acids is 1. The Morgan fingerprint density at radius 1 is 1.36 bits per heavy atom. The topological polar surface area (TPSA) is 95.9 Å². The number of carboxylic acids is 1. The predicted molar refractivity (Wildman–Crippen MR) is 88.7 cm³/mol. The first-order chi connectivity index (χ1) is 11.3. The van der Waals surface area contributed by atoms with Crippen molar-refractivity contribution in [2.75, 3.05) is 6.61 Å². The van der Waals surface area contributed by atoms with Crippen molar-refractivity contribution in [3.63, 3.8) is 0 Å². The third-order valence-electron chi connectivity index (χ3n) is 4.10. The molecular weight excluding hydrogens is 371 g/mol. The van der Waals surface area contributed by atoms with Gasteiger partial charge < -0.3 is 21.5 Å². The SMILES string of the molecule is CC1(C)S[C@@H]2[C@H](NC(=O)COc3ccccc3)C(=O)N2[C@H]1C(=O)O.[H-].[K+]. The van der Waals surface area contributed by atoms with Gasteiger partial charge in [-0.15, -0.1) is 11.8 Å². The monoisotopic (exact) mass is 390 g/mol. The third-order valence-corrected chi connectivity index (χ3v) is 5.68. The van der Waals surface area contributed by atoms with Crippen molar-refractivity contribution in [2.24, 2.45) is 0 Å². The van der Waals surface area contributed by atoms with Gasteiger partial charge in [-0.1, -0.05) is 18.2 Å². The van der Waals surface area contributed by atoms with Crippen molar-refractivity contribution >= 4 is 29.5 Å². The largest absolute Gasteiger partial charge is 1.00 e. The Kier molecular flexibility index (Phi) is 6.61. The number of carbonyl (C=O) groups is 3. The first kappa shape index (κ1) is 20.7. The first-order valence-corrected chi connectivity index (χ1v) is 8.39. The maximum absolute atomic E-state index is 12.2. The second-order valence-corrected chi connectivity index (χ2v) is 8.02. The van der Waals surface area contributed by atoms with Gasteiger partial charge in [0.1, 0.15) is 23.2 Å². The summed E-state index contributed by atoms with van der Waals surface area (Å²) in [5, 5.41) is 11.6. The van der Waals surface area contributed by atoms with Crippen LogP contribution in [0.1, 0.15) is 15.3 Å². The van der Waals surface area contributed by atoms with E-state index in [1.165, 1.54) is 16.7 Å². The molecule has 0 aliphatic carbocycles. The molecular formula is C16H19KN2O5S. The van der Waals surface area contributed by atoms with Crippen molar-refractivity contribution in [3.8, 4) is 5.75 Å². The number of amides is 2. The number of hydrogen-bond donors (Lipinski definition) is 2. The summed E-state index contributed by atoms with van der Waals surface area (Å²) in [5.41, 5.74) is 0. The minimum absolute atomic E-state index is 0. The van der Waals surface area contributed by atoms with Crippen LogP contribution in [0.15, 0.2) is 30.3 Å². The number of para-hydroxylation sites is 1. The summed E-state index contributed by atoms with van der Waals surface area (Å²) < 4.78 is 4.74. The van der Waals surface area contributed by atoms with E-state index < -0.39 is 28.7 Å². The molecule has 2 aliphatic heterocycles. The van der Waals surface area contributed by atoms with Gasteiger partial charge in [0, 0.05) is 4.75 Å². The molecule has 2 aliphatic rings. The molecule has 130 valence electrons. The molecule has 2 fully saturated rings. The zero-order valence-electron chi connectivity index (χ0n) is 15.3. The summed E-state index contributed by atoms with van der Waals surface area (Å²) in [4.78, 5) is 37.0. The molecule has 2 heterocycles. The normalized spacial score (nSPS) is 26.1. The molecule has 2 N–H and O–H groups in total. The van der Waals surface area contributed by atoms with Gasteiger partial charge in [0.15, 0.2) is 6.61 Å². The summed E-state index contributed by atoms with van der Waals surface area (Å²) >= 11 is 1.39. The molecule has 7 nitrogen and oxygen atoms in total. The van der Waals surface area contributed by atoms with Crippen LogP contribution < -0.4 is 61.4 Å². The molecule has 3 atom stereocenters. The quantitative estimate of drug-likeness (QED) is 0.438. The summed E-state index contributed by atoms with van der Waals surface area (Å²) in [6.07, 6.45) is 0. The van der Waals surface area contributed by atoms with Gasteiger partial charge in [-0.25, -0.2) is 4.79 Å². The van der Waals surface area contributed by atoms with E-state index in [4.69, 9.17) is 4.74 Å². The van der Waals surface area contributed by atoms with E-state index in [0.717, 1.165) is 0 Å². The van der Waals surface area contributed by atoms with Gasteiger partial charge in [0.2, 0.25) is 5.91 Å². The molecule has 0 spiro atoms. The van der Waals surface area contributed by atoms with Gasteiger partial charge >= 0.3 is 57.4 Å². The molecule has 0 saturated carbocycles. The molecule has 0 unspecified atom stereocenters. The fourth-order valence-corrected chi connectivity index (χ4v) is 4.65. The average Bonchev–Trinajstić information content (AvgIpc) is 2.80. The van der Waals surface area contributed by atoms with Crippen molar-refractivity contribution in [1.82, 2.24) is 10.2 Å². The van der Waals surface area contributed by atoms with E-state index in [2.05, 4.69) is 5.32 Å². The Labute approximate surface area is 193 Å². The number of benzene rings is 1.